The molecule has 0 bridgehead atoms. The summed E-state index contributed by atoms with van der Waals surface area (Å²) >= 11 is 5.56. The Hall–Kier alpha value is -1.22. The zero-order chi connectivity index (χ0) is 9.68. The van der Waals surface area contributed by atoms with E-state index in [1.807, 2.05) is 18.2 Å². The van der Waals surface area contributed by atoms with Crippen LogP contribution in [0.4, 0.5) is 5.69 Å². The fourth-order valence-electron chi connectivity index (χ4n) is 0.693. The van der Waals surface area contributed by atoms with Crippen molar-refractivity contribution in [1.29, 1.82) is 0 Å². The van der Waals surface area contributed by atoms with E-state index < -0.39 is 5.50 Å². The number of halogens is 1. The minimum atomic E-state index is -0.875. The molecule has 13 heavy (non-hydrogen) atoms. The van der Waals surface area contributed by atoms with Gasteiger partial charge in [0.05, 0.1) is 5.69 Å². The molecule has 0 spiro atoms. The van der Waals surface area contributed by atoms with Crippen LogP contribution in [-0.2, 0) is 4.79 Å². The minimum absolute atomic E-state index is 0.207. The van der Waals surface area contributed by atoms with E-state index in [-0.39, 0.29) is 5.78 Å². The van der Waals surface area contributed by atoms with Gasteiger partial charge in [0.15, 0.2) is 5.78 Å². The van der Waals surface area contributed by atoms with E-state index in [2.05, 4.69) is 10.2 Å². The third-order valence-electron chi connectivity index (χ3n) is 1.37. The van der Waals surface area contributed by atoms with E-state index in [4.69, 9.17) is 11.6 Å². The van der Waals surface area contributed by atoms with Gasteiger partial charge in [-0.3, -0.25) is 4.79 Å². The van der Waals surface area contributed by atoms with Crippen molar-refractivity contribution in [2.45, 2.75) is 12.4 Å². The first kappa shape index (κ1) is 9.86. The predicted molar refractivity (Wildman–Crippen MR) is 51.3 cm³/mol. The molecule has 0 N–H and O–H groups in total. The van der Waals surface area contributed by atoms with Crippen molar-refractivity contribution in [3.05, 3.63) is 30.3 Å². The number of Topliss-reactive ketones (excluding diaryl/α,β-unsaturated/α-hetero) is 1. The lowest BCUT2D eigenvalue weighted by atomic mass is 10.3. The smallest absolute Gasteiger partial charge is 0.202 e. The van der Waals surface area contributed by atoms with Crippen LogP contribution in [0.1, 0.15) is 6.92 Å². The molecular formula is C9H9ClN2O. The van der Waals surface area contributed by atoms with Crippen molar-refractivity contribution in [2.75, 3.05) is 0 Å². The largest absolute Gasteiger partial charge is 0.296 e. The van der Waals surface area contributed by atoms with Crippen LogP contribution in [0.15, 0.2) is 40.6 Å². The molecule has 1 atom stereocenters. The molecule has 0 amide bonds. The average Bonchev–Trinajstić information content (AvgIpc) is 2.15. The normalized spacial score (nSPS) is 13.1. The summed E-state index contributed by atoms with van der Waals surface area (Å²) in [5.74, 6) is -0.207. The predicted octanol–water partition coefficient (Wildman–Crippen LogP) is 2.92. The van der Waals surface area contributed by atoms with E-state index in [1.54, 1.807) is 12.1 Å². The zero-order valence-electron chi connectivity index (χ0n) is 7.14. The van der Waals surface area contributed by atoms with E-state index in [9.17, 15) is 4.79 Å². The zero-order valence-corrected chi connectivity index (χ0v) is 7.90. The Morgan fingerprint density at radius 2 is 2.00 bits per heavy atom. The standard InChI is InChI=1S/C9H9ClN2O/c1-7(13)9(10)12-11-8-5-3-2-4-6-8/h2-6,9H,1H3. The fourth-order valence-corrected chi connectivity index (χ4v) is 0.737. The highest BCUT2D eigenvalue weighted by atomic mass is 35.5. The molecule has 0 saturated heterocycles. The van der Waals surface area contributed by atoms with Crippen molar-refractivity contribution in [1.82, 2.24) is 0 Å². The number of alkyl halides is 1. The third-order valence-corrected chi connectivity index (χ3v) is 1.76. The Kier molecular flexibility index (Phi) is 3.58. The van der Waals surface area contributed by atoms with E-state index in [0.717, 1.165) is 0 Å². The van der Waals surface area contributed by atoms with Crippen molar-refractivity contribution in [3.8, 4) is 0 Å². The number of ketones is 1. The number of nitrogens with zero attached hydrogens (tertiary/aromatic N) is 2. The molecular weight excluding hydrogens is 188 g/mol. The molecule has 68 valence electrons. The van der Waals surface area contributed by atoms with Gasteiger partial charge in [-0.2, -0.15) is 10.2 Å². The fraction of sp³-hybridized carbons (Fsp3) is 0.222. The van der Waals surface area contributed by atoms with Crippen molar-refractivity contribution < 1.29 is 4.79 Å². The van der Waals surface area contributed by atoms with Crippen LogP contribution in [0, 0.1) is 0 Å². The van der Waals surface area contributed by atoms with Gasteiger partial charge in [-0.1, -0.05) is 29.8 Å². The number of carbonyl (C=O) groups is 1. The number of hydrogen-bond acceptors (Lipinski definition) is 3. The topological polar surface area (TPSA) is 41.8 Å². The maximum absolute atomic E-state index is 10.7. The molecule has 0 radical (unpaired) electrons. The van der Waals surface area contributed by atoms with Gasteiger partial charge in [-0.05, 0) is 19.1 Å². The van der Waals surface area contributed by atoms with Gasteiger partial charge in [-0.25, -0.2) is 0 Å². The molecule has 0 fully saturated rings. The van der Waals surface area contributed by atoms with Gasteiger partial charge >= 0.3 is 0 Å². The van der Waals surface area contributed by atoms with Crippen LogP contribution in [0.25, 0.3) is 0 Å². The monoisotopic (exact) mass is 196 g/mol. The number of carbonyl (C=O) groups excluding carboxylic acids is 1. The molecule has 0 saturated carbocycles. The second-order valence-electron chi connectivity index (χ2n) is 2.50. The summed E-state index contributed by atoms with van der Waals surface area (Å²) in [6.07, 6.45) is 0. The maximum Gasteiger partial charge on any atom is 0.202 e. The number of hydrogen-bond donors (Lipinski definition) is 0. The second-order valence-corrected chi connectivity index (χ2v) is 2.91. The Bertz CT molecular complexity index is 311. The average molecular weight is 197 g/mol. The van der Waals surface area contributed by atoms with E-state index >= 15 is 0 Å². The third kappa shape index (κ3) is 3.34. The number of benzene rings is 1. The van der Waals surface area contributed by atoms with Crippen molar-refractivity contribution in [3.63, 3.8) is 0 Å². The molecule has 0 aliphatic carbocycles. The summed E-state index contributed by atoms with van der Waals surface area (Å²) in [6.45, 7) is 1.38. The van der Waals surface area contributed by atoms with Crippen LogP contribution < -0.4 is 0 Å². The summed E-state index contributed by atoms with van der Waals surface area (Å²) in [6, 6.07) is 9.12. The first-order chi connectivity index (χ1) is 6.20. The number of azo groups is 1. The van der Waals surface area contributed by atoms with Gasteiger partial charge in [0, 0.05) is 0 Å². The Labute approximate surface area is 81.4 Å². The van der Waals surface area contributed by atoms with Gasteiger partial charge in [0.1, 0.15) is 0 Å². The first-order valence-corrected chi connectivity index (χ1v) is 4.24. The maximum atomic E-state index is 10.7. The molecule has 0 aliphatic rings. The second kappa shape index (κ2) is 4.72. The summed E-state index contributed by atoms with van der Waals surface area (Å²) in [5, 5.41) is 7.43. The molecule has 1 aromatic carbocycles. The van der Waals surface area contributed by atoms with E-state index in [0.29, 0.717) is 5.69 Å². The minimum Gasteiger partial charge on any atom is -0.296 e. The molecule has 4 heteroatoms. The van der Waals surface area contributed by atoms with Gasteiger partial charge in [0.25, 0.3) is 0 Å². The Morgan fingerprint density at radius 1 is 1.38 bits per heavy atom. The van der Waals surface area contributed by atoms with Crippen molar-refractivity contribution in [2.24, 2.45) is 10.2 Å². The molecule has 0 aromatic heterocycles. The van der Waals surface area contributed by atoms with Crippen LogP contribution in [0.3, 0.4) is 0 Å². The Morgan fingerprint density at radius 3 is 2.54 bits per heavy atom. The highest BCUT2D eigenvalue weighted by molar-refractivity contribution is 6.30. The van der Waals surface area contributed by atoms with Crippen LogP contribution in [0.5, 0.6) is 0 Å². The van der Waals surface area contributed by atoms with Gasteiger partial charge in [-0.15, -0.1) is 0 Å². The first-order valence-electron chi connectivity index (χ1n) is 3.80. The quantitative estimate of drug-likeness (QED) is 0.416. The Balaban J connectivity index is 2.64. The molecule has 0 aliphatic heterocycles. The molecule has 1 rings (SSSR count). The van der Waals surface area contributed by atoms with Crippen molar-refractivity contribution >= 4 is 23.1 Å². The summed E-state index contributed by atoms with van der Waals surface area (Å²) in [4.78, 5) is 10.7. The lowest BCUT2D eigenvalue weighted by molar-refractivity contribution is -0.116. The lowest BCUT2D eigenvalue weighted by Crippen LogP contribution is -2.04. The molecule has 1 aromatic rings. The van der Waals surface area contributed by atoms with Crippen LogP contribution in [-0.4, -0.2) is 11.3 Å². The lowest BCUT2D eigenvalue weighted by Gasteiger charge is -1.95. The summed E-state index contributed by atoms with van der Waals surface area (Å²) in [5.41, 5.74) is -0.186. The molecule has 1 unspecified atom stereocenters. The number of rotatable bonds is 3. The molecule has 3 nitrogen and oxygen atoms in total. The summed E-state index contributed by atoms with van der Waals surface area (Å²) < 4.78 is 0. The summed E-state index contributed by atoms with van der Waals surface area (Å²) in [7, 11) is 0. The van der Waals surface area contributed by atoms with E-state index in [1.165, 1.54) is 6.92 Å². The highest BCUT2D eigenvalue weighted by Crippen LogP contribution is 2.12. The van der Waals surface area contributed by atoms with Crippen LogP contribution >= 0.6 is 11.6 Å². The van der Waals surface area contributed by atoms with Crippen LogP contribution in [0.2, 0.25) is 0 Å². The van der Waals surface area contributed by atoms with Gasteiger partial charge < -0.3 is 0 Å². The highest BCUT2D eigenvalue weighted by Gasteiger charge is 2.06. The SMILES string of the molecule is CC(=O)C(Cl)N=Nc1ccccc1. The van der Waals surface area contributed by atoms with Gasteiger partial charge in [0.2, 0.25) is 5.50 Å². The molecule has 0 heterocycles.